The van der Waals surface area contributed by atoms with Crippen LogP contribution in [0.4, 0.5) is 0 Å². The van der Waals surface area contributed by atoms with Crippen LogP contribution in [0.3, 0.4) is 0 Å². The first-order valence-corrected chi connectivity index (χ1v) is 12.8. The van der Waals surface area contributed by atoms with E-state index in [0.717, 1.165) is 36.3 Å². The maximum Gasteiger partial charge on any atom is 0.250 e. The second-order valence-electron chi connectivity index (χ2n) is 8.83. The minimum Gasteiger partial charge on any atom is -0.463 e. The Morgan fingerprint density at radius 2 is 1.94 bits per heavy atom. The number of aryl methyl sites for hydroxylation is 1. The summed E-state index contributed by atoms with van der Waals surface area (Å²) >= 11 is 1.38. The van der Waals surface area contributed by atoms with Gasteiger partial charge in [0, 0.05) is 17.5 Å². The van der Waals surface area contributed by atoms with Gasteiger partial charge in [-0.15, -0.1) is 0 Å². The highest BCUT2D eigenvalue weighted by Crippen LogP contribution is 2.31. The molecule has 0 unspecified atom stereocenters. The molecule has 0 spiro atoms. The van der Waals surface area contributed by atoms with Crippen molar-refractivity contribution in [1.82, 2.24) is 10.3 Å². The van der Waals surface area contributed by atoms with Gasteiger partial charge in [0.15, 0.2) is 5.84 Å². The minimum absolute atomic E-state index is 0.105. The number of amidine groups is 1. The average Bonchev–Trinajstić information content (AvgIpc) is 3.36. The molecule has 0 bridgehead atoms. The SMILES string of the molecule is C=C(SCC(=O)N/N=C(/c1ccco1)C(C)C)N(/C(=N\N)c1ccc(C)cc1)C1CCCCC1. The maximum atomic E-state index is 12.6. The first-order chi connectivity index (χ1) is 16.4. The van der Waals surface area contributed by atoms with Crippen LogP contribution in [0.25, 0.3) is 0 Å². The van der Waals surface area contributed by atoms with Gasteiger partial charge in [0.1, 0.15) is 11.5 Å². The summed E-state index contributed by atoms with van der Waals surface area (Å²) in [7, 11) is 0. The van der Waals surface area contributed by atoms with Crippen LogP contribution in [0.1, 0.15) is 62.8 Å². The number of nitrogens with zero attached hydrogens (tertiary/aromatic N) is 3. The van der Waals surface area contributed by atoms with E-state index in [1.165, 1.54) is 23.7 Å². The van der Waals surface area contributed by atoms with E-state index in [1.807, 2.05) is 44.2 Å². The summed E-state index contributed by atoms with van der Waals surface area (Å²) in [4.78, 5) is 14.7. The zero-order chi connectivity index (χ0) is 24.5. The number of carbonyl (C=O) groups is 1. The number of rotatable bonds is 9. The number of nitrogens with two attached hydrogens (primary N) is 1. The molecule has 1 amide bonds. The first kappa shape index (κ1) is 25.6. The fourth-order valence-corrected chi connectivity index (χ4v) is 4.82. The summed E-state index contributed by atoms with van der Waals surface area (Å²) in [5.74, 6) is 7.30. The van der Waals surface area contributed by atoms with Gasteiger partial charge in [0.25, 0.3) is 0 Å². The van der Waals surface area contributed by atoms with Gasteiger partial charge in [0.2, 0.25) is 5.91 Å². The van der Waals surface area contributed by atoms with Crippen molar-refractivity contribution in [1.29, 1.82) is 0 Å². The molecule has 0 radical (unpaired) electrons. The van der Waals surface area contributed by atoms with Gasteiger partial charge >= 0.3 is 0 Å². The van der Waals surface area contributed by atoms with Crippen LogP contribution < -0.4 is 11.3 Å². The number of nitrogens with one attached hydrogen (secondary N) is 1. The molecular weight excluding hydrogens is 446 g/mol. The number of carbonyl (C=O) groups excluding carboxylic acids is 1. The molecule has 1 aromatic carbocycles. The molecule has 8 heteroatoms. The van der Waals surface area contributed by atoms with Crippen molar-refractivity contribution in [2.24, 2.45) is 22.0 Å². The summed E-state index contributed by atoms with van der Waals surface area (Å²) in [6.45, 7) is 10.4. The van der Waals surface area contributed by atoms with Crippen LogP contribution in [0.2, 0.25) is 0 Å². The van der Waals surface area contributed by atoms with Crippen LogP contribution in [0.15, 0.2) is 68.9 Å². The van der Waals surface area contributed by atoms with Crippen molar-refractivity contribution >= 4 is 29.2 Å². The minimum atomic E-state index is -0.207. The molecule has 1 saturated carbocycles. The maximum absolute atomic E-state index is 12.6. The molecule has 182 valence electrons. The lowest BCUT2D eigenvalue weighted by molar-refractivity contribution is -0.118. The first-order valence-electron chi connectivity index (χ1n) is 11.8. The Hall–Kier alpha value is -3.00. The Bertz CT molecular complexity index is 1010. The highest BCUT2D eigenvalue weighted by atomic mass is 32.2. The molecule has 1 fully saturated rings. The van der Waals surface area contributed by atoms with Crippen LogP contribution in [-0.2, 0) is 4.79 Å². The van der Waals surface area contributed by atoms with Gasteiger partial charge in [-0.3, -0.25) is 4.79 Å². The number of thioether (sulfide) groups is 1. The zero-order valence-corrected chi connectivity index (χ0v) is 21.1. The third kappa shape index (κ3) is 6.76. The van der Waals surface area contributed by atoms with E-state index < -0.39 is 0 Å². The third-order valence-corrected chi connectivity index (χ3v) is 6.80. The Morgan fingerprint density at radius 1 is 1.24 bits per heavy atom. The van der Waals surface area contributed by atoms with Crippen molar-refractivity contribution in [3.8, 4) is 0 Å². The van der Waals surface area contributed by atoms with Gasteiger partial charge in [-0.25, -0.2) is 5.43 Å². The molecular formula is C26H35N5O2S. The van der Waals surface area contributed by atoms with Crippen molar-refractivity contribution in [3.63, 3.8) is 0 Å². The second-order valence-corrected chi connectivity index (χ2v) is 9.88. The molecule has 2 aromatic rings. The van der Waals surface area contributed by atoms with E-state index in [9.17, 15) is 4.79 Å². The van der Waals surface area contributed by atoms with Crippen molar-refractivity contribution in [2.75, 3.05) is 5.75 Å². The molecule has 3 rings (SSSR count). The molecule has 0 aliphatic heterocycles. The lowest BCUT2D eigenvalue weighted by Crippen LogP contribution is -2.41. The van der Waals surface area contributed by atoms with Crippen molar-refractivity contribution in [3.05, 3.63) is 71.2 Å². The van der Waals surface area contributed by atoms with Crippen LogP contribution in [-0.4, -0.2) is 34.1 Å². The number of furan rings is 1. The quantitative estimate of drug-likeness (QED) is 0.221. The van der Waals surface area contributed by atoms with Gasteiger partial charge in [-0.2, -0.15) is 10.2 Å². The largest absolute Gasteiger partial charge is 0.463 e. The van der Waals surface area contributed by atoms with Gasteiger partial charge in [0.05, 0.1) is 17.0 Å². The van der Waals surface area contributed by atoms with E-state index in [2.05, 4.69) is 34.0 Å². The summed E-state index contributed by atoms with van der Waals surface area (Å²) < 4.78 is 5.44. The Labute approximate surface area is 206 Å². The molecule has 0 saturated heterocycles. The second kappa shape index (κ2) is 12.5. The van der Waals surface area contributed by atoms with Crippen LogP contribution in [0.5, 0.6) is 0 Å². The highest BCUT2D eigenvalue weighted by Gasteiger charge is 2.28. The number of hydrazone groups is 2. The fourth-order valence-electron chi connectivity index (χ4n) is 4.08. The fraction of sp³-hybridized carbons (Fsp3) is 0.423. The Balaban J connectivity index is 1.70. The summed E-state index contributed by atoms with van der Waals surface area (Å²) in [6, 6.07) is 12.0. The topological polar surface area (TPSA) is 96.2 Å². The van der Waals surface area contributed by atoms with E-state index in [4.69, 9.17) is 10.3 Å². The normalized spacial score (nSPS) is 15.4. The number of amides is 1. The van der Waals surface area contributed by atoms with E-state index in [-0.39, 0.29) is 23.6 Å². The van der Waals surface area contributed by atoms with Crippen LogP contribution >= 0.6 is 11.8 Å². The van der Waals surface area contributed by atoms with Gasteiger partial charge < -0.3 is 15.2 Å². The smallest absolute Gasteiger partial charge is 0.250 e. The predicted molar refractivity (Wildman–Crippen MR) is 140 cm³/mol. The molecule has 1 heterocycles. The standard InChI is InChI=1S/C26H35N5O2S/c1-18(2)25(23-11-8-16-33-23)30-29-24(32)17-34-20(4)31(22-9-6-5-7-10-22)26(28-27)21-14-12-19(3)13-15-21/h8,11-16,18,22H,4-7,9-10,17,27H2,1-3H3,(H,29,32)/b28-26-,30-25+. The molecule has 1 aliphatic rings. The average molecular weight is 482 g/mol. The molecule has 1 aromatic heterocycles. The Kier molecular flexibility index (Phi) is 9.39. The summed E-state index contributed by atoms with van der Waals surface area (Å²) in [5, 5.41) is 9.22. The molecule has 1 aliphatic carbocycles. The molecule has 0 atom stereocenters. The van der Waals surface area contributed by atoms with E-state index >= 15 is 0 Å². The number of benzene rings is 1. The predicted octanol–water partition coefficient (Wildman–Crippen LogP) is 5.22. The Morgan fingerprint density at radius 3 is 2.53 bits per heavy atom. The number of hydrogen-bond donors (Lipinski definition) is 2. The van der Waals surface area contributed by atoms with Gasteiger partial charge in [-0.05, 0) is 31.9 Å². The summed E-state index contributed by atoms with van der Waals surface area (Å²) in [5.41, 5.74) is 5.47. The lowest BCUT2D eigenvalue weighted by atomic mass is 9.94. The molecule has 3 N–H and O–H groups in total. The lowest BCUT2D eigenvalue weighted by Gasteiger charge is -2.37. The van der Waals surface area contributed by atoms with Crippen molar-refractivity contribution in [2.45, 2.75) is 58.9 Å². The number of hydrogen-bond acceptors (Lipinski definition) is 6. The van der Waals surface area contributed by atoms with Crippen LogP contribution in [0, 0.1) is 12.8 Å². The summed E-state index contributed by atoms with van der Waals surface area (Å²) in [6.07, 6.45) is 7.23. The highest BCUT2D eigenvalue weighted by molar-refractivity contribution is 8.03. The van der Waals surface area contributed by atoms with E-state index in [0.29, 0.717) is 17.3 Å². The monoisotopic (exact) mass is 481 g/mol. The molecule has 7 nitrogen and oxygen atoms in total. The molecule has 34 heavy (non-hydrogen) atoms. The zero-order valence-electron chi connectivity index (χ0n) is 20.3. The van der Waals surface area contributed by atoms with Gasteiger partial charge in [-0.1, -0.05) is 81.3 Å². The van der Waals surface area contributed by atoms with E-state index in [1.54, 1.807) is 12.3 Å². The third-order valence-electron chi connectivity index (χ3n) is 5.86. The van der Waals surface area contributed by atoms with Crippen molar-refractivity contribution < 1.29 is 9.21 Å².